The Morgan fingerprint density at radius 2 is 2.00 bits per heavy atom. The monoisotopic (exact) mass is 403 g/mol. The minimum Gasteiger partial charge on any atom is -0.506 e. The van der Waals surface area contributed by atoms with E-state index in [1.165, 1.54) is 25.3 Å². The fourth-order valence-electron chi connectivity index (χ4n) is 3.02. The fourth-order valence-corrected chi connectivity index (χ4v) is 3.19. The van der Waals surface area contributed by atoms with Gasteiger partial charge in [-0.25, -0.2) is 4.79 Å². The van der Waals surface area contributed by atoms with E-state index in [1.807, 2.05) is 0 Å². The molecule has 0 radical (unpaired) electrons. The highest BCUT2D eigenvalue weighted by Gasteiger charge is 2.50. The van der Waals surface area contributed by atoms with Gasteiger partial charge in [0, 0.05) is 16.7 Å². The first-order valence-electron chi connectivity index (χ1n) is 8.32. The predicted octanol–water partition coefficient (Wildman–Crippen LogP) is 2.46. The van der Waals surface area contributed by atoms with Gasteiger partial charge < -0.3 is 20.5 Å². The molecule has 0 saturated carbocycles. The molecule has 8 nitrogen and oxygen atoms in total. The van der Waals surface area contributed by atoms with Gasteiger partial charge in [-0.15, -0.1) is 0 Å². The van der Waals surface area contributed by atoms with Crippen LogP contribution in [0.4, 0.5) is 10.5 Å². The number of para-hydroxylation sites is 1. The van der Waals surface area contributed by atoms with Gasteiger partial charge in [0.1, 0.15) is 23.6 Å². The van der Waals surface area contributed by atoms with Gasteiger partial charge in [0.15, 0.2) is 0 Å². The molecule has 1 aliphatic heterocycles. The van der Waals surface area contributed by atoms with E-state index in [2.05, 4.69) is 10.6 Å². The second-order valence-electron chi connectivity index (χ2n) is 6.36. The van der Waals surface area contributed by atoms with E-state index in [4.69, 9.17) is 16.3 Å². The summed E-state index contributed by atoms with van der Waals surface area (Å²) < 4.78 is 5.28. The minimum atomic E-state index is -1.37. The van der Waals surface area contributed by atoms with Gasteiger partial charge in [0.05, 0.1) is 12.8 Å². The summed E-state index contributed by atoms with van der Waals surface area (Å²) in [5.74, 6) is -1.02. The van der Waals surface area contributed by atoms with Crippen LogP contribution in [0.2, 0.25) is 5.02 Å². The Balaban J connectivity index is 1.79. The van der Waals surface area contributed by atoms with Crippen LogP contribution in [0.15, 0.2) is 42.5 Å². The summed E-state index contributed by atoms with van der Waals surface area (Å²) in [5.41, 5.74) is -0.769. The van der Waals surface area contributed by atoms with Crippen LogP contribution in [-0.4, -0.2) is 41.5 Å². The van der Waals surface area contributed by atoms with E-state index >= 15 is 0 Å². The molecule has 1 aliphatic rings. The number of phenols is 1. The number of benzene rings is 2. The van der Waals surface area contributed by atoms with Crippen molar-refractivity contribution in [1.29, 1.82) is 0 Å². The van der Waals surface area contributed by atoms with Crippen LogP contribution in [0, 0.1) is 0 Å². The van der Waals surface area contributed by atoms with Gasteiger partial charge in [-0.2, -0.15) is 0 Å². The summed E-state index contributed by atoms with van der Waals surface area (Å²) in [7, 11) is 1.47. The van der Waals surface area contributed by atoms with E-state index < -0.39 is 29.9 Å². The molecule has 2 aromatic rings. The lowest BCUT2D eigenvalue weighted by atomic mass is 9.91. The Bertz CT molecular complexity index is 964. The number of phenolic OH excluding ortho intramolecular Hbond substituents is 1. The zero-order chi connectivity index (χ0) is 20.5. The van der Waals surface area contributed by atoms with Crippen molar-refractivity contribution in [2.24, 2.45) is 0 Å². The maximum absolute atomic E-state index is 12.9. The lowest BCUT2D eigenvalue weighted by molar-refractivity contribution is -0.133. The number of amides is 4. The molecular formula is C19H18ClN3O5. The van der Waals surface area contributed by atoms with Crippen LogP contribution < -0.4 is 15.4 Å². The van der Waals surface area contributed by atoms with Crippen molar-refractivity contribution in [2.75, 3.05) is 19.0 Å². The normalized spacial score (nSPS) is 18.8. The molecule has 1 atom stereocenters. The maximum atomic E-state index is 12.9. The summed E-state index contributed by atoms with van der Waals surface area (Å²) in [6.07, 6.45) is 0. The Kier molecular flexibility index (Phi) is 5.15. The molecule has 2 aromatic carbocycles. The first-order valence-corrected chi connectivity index (χ1v) is 8.70. The number of nitrogens with zero attached hydrogens (tertiary/aromatic N) is 1. The van der Waals surface area contributed by atoms with Crippen molar-refractivity contribution in [3.05, 3.63) is 53.1 Å². The first kappa shape index (κ1) is 19.5. The highest BCUT2D eigenvalue weighted by molar-refractivity contribution is 6.30. The van der Waals surface area contributed by atoms with Gasteiger partial charge >= 0.3 is 6.03 Å². The molecule has 9 heteroatoms. The molecule has 0 aromatic heterocycles. The number of aromatic hydroxyl groups is 1. The number of ether oxygens (including phenoxy) is 1. The quantitative estimate of drug-likeness (QED) is 0.525. The first-order chi connectivity index (χ1) is 13.3. The van der Waals surface area contributed by atoms with Crippen molar-refractivity contribution < 1.29 is 24.2 Å². The highest BCUT2D eigenvalue weighted by atomic mass is 35.5. The number of nitrogens with one attached hydrogen (secondary N) is 2. The molecular weight excluding hydrogens is 386 g/mol. The topological polar surface area (TPSA) is 108 Å². The Hall–Kier alpha value is -3.26. The third kappa shape index (κ3) is 3.46. The summed E-state index contributed by atoms with van der Waals surface area (Å²) in [6.45, 7) is 1.03. The smallest absolute Gasteiger partial charge is 0.325 e. The zero-order valence-electron chi connectivity index (χ0n) is 15.2. The number of hydrogen-bond donors (Lipinski definition) is 3. The molecule has 1 saturated heterocycles. The molecule has 0 bridgehead atoms. The average Bonchev–Trinajstić information content (AvgIpc) is 2.88. The second kappa shape index (κ2) is 7.40. The Labute approximate surface area is 166 Å². The van der Waals surface area contributed by atoms with Crippen molar-refractivity contribution in [1.82, 2.24) is 10.2 Å². The number of rotatable bonds is 5. The van der Waals surface area contributed by atoms with Crippen molar-refractivity contribution in [2.45, 2.75) is 12.5 Å². The number of anilines is 1. The molecule has 4 amide bonds. The largest absolute Gasteiger partial charge is 0.506 e. The highest BCUT2D eigenvalue weighted by Crippen LogP contribution is 2.34. The number of carbonyl (C=O) groups is 3. The molecule has 0 spiro atoms. The SMILES string of the molecule is COc1ccccc1C1(C)NC(=O)N(CC(=O)Nc2ccc(Cl)cc2O)C1=O. The van der Waals surface area contributed by atoms with Crippen LogP contribution >= 0.6 is 11.6 Å². The fraction of sp³-hybridized carbons (Fsp3) is 0.211. The number of methoxy groups -OCH3 is 1. The van der Waals surface area contributed by atoms with E-state index in [1.54, 1.807) is 31.2 Å². The lowest BCUT2D eigenvalue weighted by Gasteiger charge is -2.24. The molecule has 1 heterocycles. The molecule has 1 fully saturated rings. The lowest BCUT2D eigenvalue weighted by Crippen LogP contribution is -2.42. The Morgan fingerprint density at radius 3 is 2.68 bits per heavy atom. The van der Waals surface area contributed by atoms with Crippen LogP contribution in [0.1, 0.15) is 12.5 Å². The maximum Gasteiger partial charge on any atom is 0.325 e. The van der Waals surface area contributed by atoms with E-state index in [0.717, 1.165) is 4.90 Å². The second-order valence-corrected chi connectivity index (χ2v) is 6.79. The third-order valence-corrected chi connectivity index (χ3v) is 4.69. The number of halogens is 1. The molecule has 3 rings (SSSR count). The third-order valence-electron chi connectivity index (χ3n) is 4.46. The van der Waals surface area contributed by atoms with Crippen molar-refractivity contribution in [3.63, 3.8) is 0 Å². The van der Waals surface area contributed by atoms with Crippen LogP contribution in [-0.2, 0) is 15.1 Å². The zero-order valence-corrected chi connectivity index (χ0v) is 15.9. The van der Waals surface area contributed by atoms with Gasteiger partial charge in [0.2, 0.25) is 5.91 Å². The van der Waals surface area contributed by atoms with Gasteiger partial charge in [-0.05, 0) is 25.1 Å². The summed E-state index contributed by atoms with van der Waals surface area (Å²) in [5, 5.41) is 15.2. The number of imide groups is 1. The van der Waals surface area contributed by atoms with Crippen molar-refractivity contribution >= 4 is 35.1 Å². The molecule has 3 N–H and O–H groups in total. The standard InChI is InChI=1S/C19H18ClN3O5/c1-19(12-5-3-4-6-15(12)28-2)17(26)23(18(27)22-19)10-16(25)21-13-8-7-11(20)9-14(13)24/h3-9,24H,10H2,1-2H3,(H,21,25)(H,22,27). The number of hydrogen-bond acceptors (Lipinski definition) is 5. The van der Waals surface area contributed by atoms with Crippen molar-refractivity contribution in [3.8, 4) is 11.5 Å². The van der Waals surface area contributed by atoms with E-state index in [-0.39, 0.29) is 11.4 Å². The van der Waals surface area contributed by atoms with Crippen LogP contribution in [0.3, 0.4) is 0 Å². The van der Waals surface area contributed by atoms with Gasteiger partial charge in [-0.3, -0.25) is 14.5 Å². The average molecular weight is 404 g/mol. The predicted molar refractivity (Wildman–Crippen MR) is 102 cm³/mol. The minimum absolute atomic E-state index is 0.119. The Morgan fingerprint density at radius 1 is 1.29 bits per heavy atom. The summed E-state index contributed by atoms with van der Waals surface area (Å²) >= 11 is 5.75. The molecule has 146 valence electrons. The molecule has 28 heavy (non-hydrogen) atoms. The van der Waals surface area contributed by atoms with Crippen LogP contribution in [0.5, 0.6) is 11.5 Å². The summed E-state index contributed by atoms with van der Waals surface area (Å²) in [4.78, 5) is 38.5. The van der Waals surface area contributed by atoms with Gasteiger partial charge in [-0.1, -0.05) is 29.8 Å². The number of urea groups is 1. The molecule has 0 aliphatic carbocycles. The van der Waals surface area contributed by atoms with E-state index in [9.17, 15) is 19.5 Å². The summed E-state index contributed by atoms with van der Waals surface area (Å²) in [6, 6.07) is 10.3. The number of carbonyl (C=O) groups excluding carboxylic acids is 3. The van der Waals surface area contributed by atoms with Crippen LogP contribution in [0.25, 0.3) is 0 Å². The van der Waals surface area contributed by atoms with Gasteiger partial charge in [0.25, 0.3) is 5.91 Å². The van der Waals surface area contributed by atoms with E-state index in [0.29, 0.717) is 16.3 Å². The molecule has 1 unspecified atom stereocenters.